The number of hydrogen-bond acceptors (Lipinski definition) is 2. The van der Waals surface area contributed by atoms with Crippen molar-refractivity contribution in [1.82, 2.24) is 0 Å². The second kappa shape index (κ2) is 7.48. The van der Waals surface area contributed by atoms with Gasteiger partial charge >= 0.3 is 0 Å². The summed E-state index contributed by atoms with van der Waals surface area (Å²) in [5, 5.41) is 0.436. The summed E-state index contributed by atoms with van der Waals surface area (Å²) < 4.78 is 41.0. The van der Waals surface area contributed by atoms with Gasteiger partial charge in [-0.15, -0.1) is 0 Å². The highest BCUT2D eigenvalue weighted by Gasteiger charge is 2.25. The monoisotopic (exact) mass is 389 g/mol. The van der Waals surface area contributed by atoms with Crippen LogP contribution in [0.2, 0.25) is 5.02 Å². The maximum Gasteiger partial charge on any atom is 0.264 e. The number of anilines is 1. The van der Waals surface area contributed by atoms with Crippen LogP contribution in [-0.2, 0) is 16.6 Å². The van der Waals surface area contributed by atoms with Gasteiger partial charge in [-0.25, -0.2) is 12.8 Å². The highest BCUT2D eigenvalue weighted by atomic mass is 35.5. The number of hydrogen-bond donors (Lipinski definition) is 0. The molecule has 3 aromatic carbocycles. The van der Waals surface area contributed by atoms with Crippen LogP contribution in [0.1, 0.15) is 11.1 Å². The predicted octanol–water partition coefficient (Wildman–Crippen LogP) is 5.18. The molecule has 0 N–H and O–H groups in total. The molecule has 0 amide bonds. The van der Waals surface area contributed by atoms with Crippen molar-refractivity contribution in [1.29, 1.82) is 0 Å². The van der Waals surface area contributed by atoms with Crippen LogP contribution in [-0.4, -0.2) is 8.42 Å². The average molecular weight is 390 g/mol. The van der Waals surface area contributed by atoms with Crippen molar-refractivity contribution >= 4 is 27.3 Å². The number of nitrogens with zero attached hydrogens (tertiary/aromatic N) is 1. The molecule has 0 aliphatic rings. The molecule has 0 aliphatic heterocycles. The van der Waals surface area contributed by atoms with E-state index in [1.165, 1.54) is 16.4 Å². The summed E-state index contributed by atoms with van der Waals surface area (Å²) in [6.07, 6.45) is 0. The smallest absolute Gasteiger partial charge is 0.262 e. The number of halogens is 2. The van der Waals surface area contributed by atoms with Crippen LogP contribution in [0, 0.1) is 12.7 Å². The van der Waals surface area contributed by atoms with Crippen LogP contribution in [0.4, 0.5) is 10.1 Å². The largest absolute Gasteiger partial charge is 0.264 e. The van der Waals surface area contributed by atoms with Gasteiger partial charge in [-0.3, -0.25) is 4.31 Å². The van der Waals surface area contributed by atoms with Crippen molar-refractivity contribution in [2.24, 2.45) is 0 Å². The lowest BCUT2D eigenvalue weighted by Crippen LogP contribution is -2.30. The molecule has 0 bridgehead atoms. The number of benzene rings is 3. The fourth-order valence-electron chi connectivity index (χ4n) is 2.60. The normalized spacial score (nSPS) is 11.3. The maximum absolute atomic E-state index is 13.3. The first kappa shape index (κ1) is 18.4. The van der Waals surface area contributed by atoms with Crippen LogP contribution < -0.4 is 4.31 Å². The Hall–Kier alpha value is -2.37. The van der Waals surface area contributed by atoms with E-state index in [2.05, 4.69) is 0 Å². The Morgan fingerprint density at radius 2 is 1.65 bits per heavy atom. The quantitative estimate of drug-likeness (QED) is 0.602. The van der Waals surface area contributed by atoms with Crippen molar-refractivity contribution in [2.75, 3.05) is 4.31 Å². The molecular weight excluding hydrogens is 373 g/mol. The SMILES string of the molecule is Cc1cccc(S(=O)(=O)N(Cc2ccc(F)cc2)c2cccc(Cl)c2)c1. The summed E-state index contributed by atoms with van der Waals surface area (Å²) >= 11 is 6.06. The summed E-state index contributed by atoms with van der Waals surface area (Å²) in [6, 6.07) is 19.1. The van der Waals surface area contributed by atoms with Crippen molar-refractivity contribution < 1.29 is 12.8 Å². The molecule has 0 aliphatic carbocycles. The Morgan fingerprint density at radius 1 is 0.962 bits per heavy atom. The molecule has 0 saturated heterocycles. The van der Waals surface area contributed by atoms with Crippen molar-refractivity contribution in [3.63, 3.8) is 0 Å². The van der Waals surface area contributed by atoms with Crippen LogP contribution in [0.15, 0.2) is 77.7 Å². The van der Waals surface area contributed by atoms with E-state index in [0.717, 1.165) is 5.56 Å². The van der Waals surface area contributed by atoms with E-state index in [1.54, 1.807) is 54.6 Å². The van der Waals surface area contributed by atoms with E-state index < -0.39 is 10.0 Å². The van der Waals surface area contributed by atoms with Crippen molar-refractivity contribution in [3.05, 3.63) is 94.8 Å². The minimum Gasteiger partial charge on any atom is -0.262 e. The first-order chi connectivity index (χ1) is 12.4. The van der Waals surface area contributed by atoms with E-state index >= 15 is 0 Å². The lowest BCUT2D eigenvalue weighted by Gasteiger charge is -2.25. The van der Waals surface area contributed by atoms with Crippen molar-refractivity contribution in [3.8, 4) is 0 Å². The molecule has 0 aromatic heterocycles. The lowest BCUT2D eigenvalue weighted by molar-refractivity contribution is 0.590. The van der Waals surface area contributed by atoms with Crippen molar-refractivity contribution in [2.45, 2.75) is 18.4 Å². The van der Waals surface area contributed by atoms with Gasteiger partial charge in [0, 0.05) is 5.02 Å². The summed E-state index contributed by atoms with van der Waals surface area (Å²) in [4.78, 5) is 0.194. The van der Waals surface area contributed by atoms with E-state index in [9.17, 15) is 12.8 Å². The second-order valence-corrected chi connectivity index (χ2v) is 8.23. The molecule has 3 aromatic rings. The molecule has 3 nitrogen and oxygen atoms in total. The zero-order valence-electron chi connectivity index (χ0n) is 14.1. The molecular formula is C20H17ClFNO2S. The molecule has 3 rings (SSSR count). The molecule has 0 unspecified atom stereocenters. The van der Waals surface area contributed by atoms with Gasteiger partial charge < -0.3 is 0 Å². The zero-order chi connectivity index (χ0) is 18.7. The Morgan fingerprint density at radius 3 is 2.31 bits per heavy atom. The standard InChI is InChI=1S/C20H17ClFNO2S/c1-15-4-2-7-20(12-15)26(24,25)23(19-6-3-5-17(21)13-19)14-16-8-10-18(22)11-9-16/h2-13H,14H2,1H3. The maximum atomic E-state index is 13.3. The van der Waals surface area contributed by atoms with E-state index in [-0.39, 0.29) is 17.3 Å². The minimum absolute atomic E-state index is 0.0664. The van der Waals surface area contributed by atoms with Crippen LogP contribution >= 0.6 is 11.6 Å². The Labute approximate surface area is 157 Å². The second-order valence-electron chi connectivity index (χ2n) is 5.93. The van der Waals surface area contributed by atoms with Gasteiger partial charge in [0.2, 0.25) is 0 Å². The predicted molar refractivity (Wildman–Crippen MR) is 102 cm³/mol. The average Bonchev–Trinajstić information content (AvgIpc) is 2.61. The Kier molecular flexibility index (Phi) is 5.30. The summed E-state index contributed by atoms with van der Waals surface area (Å²) in [6.45, 7) is 1.90. The molecule has 26 heavy (non-hydrogen) atoms. The fourth-order valence-corrected chi connectivity index (χ4v) is 4.34. The highest BCUT2D eigenvalue weighted by molar-refractivity contribution is 7.92. The van der Waals surface area contributed by atoms with E-state index in [1.807, 2.05) is 13.0 Å². The van der Waals surface area contributed by atoms with Gasteiger partial charge in [0.1, 0.15) is 5.82 Å². The van der Waals surface area contributed by atoms with Gasteiger partial charge in [-0.05, 0) is 60.5 Å². The minimum atomic E-state index is -3.82. The van der Waals surface area contributed by atoms with Crippen LogP contribution in [0.25, 0.3) is 0 Å². The first-order valence-corrected chi connectivity index (χ1v) is 9.77. The topological polar surface area (TPSA) is 37.4 Å². The molecule has 6 heteroatoms. The number of sulfonamides is 1. The summed E-state index contributed by atoms with van der Waals surface area (Å²) in [5.74, 6) is -0.371. The third-order valence-corrected chi connectivity index (χ3v) is 5.92. The Balaban J connectivity index is 2.09. The third-order valence-electron chi connectivity index (χ3n) is 3.91. The molecule has 0 saturated carbocycles. The molecule has 0 fully saturated rings. The molecule has 134 valence electrons. The van der Waals surface area contributed by atoms with Gasteiger partial charge in [-0.2, -0.15) is 0 Å². The number of rotatable bonds is 5. The molecule has 0 radical (unpaired) electrons. The van der Waals surface area contributed by atoms with E-state index in [4.69, 9.17) is 11.6 Å². The summed E-state index contributed by atoms with van der Waals surface area (Å²) in [5.41, 5.74) is 1.96. The molecule has 0 heterocycles. The highest BCUT2D eigenvalue weighted by Crippen LogP contribution is 2.28. The van der Waals surface area contributed by atoms with E-state index in [0.29, 0.717) is 16.3 Å². The van der Waals surface area contributed by atoms with Gasteiger partial charge in [-0.1, -0.05) is 41.9 Å². The van der Waals surface area contributed by atoms with Crippen LogP contribution in [0.5, 0.6) is 0 Å². The molecule has 0 spiro atoms. The first-order valence-electron chi connectivity index (χ1n) is 7.96. The summed E-state index contributed by atoms with van der Waals surface area (Å²) in [7, 11) is -3.82. The van der Waals surface area contributed by atoms with Gasteiger partial charge in [0.05, 0.1) is 17.1 Å². The Bertz CT molecular complexity index is 1020. The van der Waals surface area contributed by atoms with Crippen LogP contribution in [0.3, 0.4) is 0 Å². The zero-order valence-corrected chi connectivity index (χ0v) is 15.6. The number of aryl methyl sites for hydroxylation is 1. The lowest BCUT2D eigenvalue weighted by atomic mass is 10.2. The third kappa shape index (κ3) is 4.06. The van der Waals surface area contributed by atoms with Gasteiger partial charge in [0.25, 0.3) is 10.0 Å². The molecule has 0 atom stereocenters. The fraction of sp³-hybridized carbons (Fsp3) is 0.100. The van der Waals surface area contributed by atoms with Gasteiger partial charge in [0.15, 0.2) is 0 Å².